The smallest absolute Gasteiger partial charge is 0.227 e. The predicted molar refractivity (Wildman–Crippen MR) is 234 cm³/mol. The molecule has 9 aromatic carbocycles. The van der Waals surface area contributed by atoms with Gasteiger partial charge in [-0.1, -0.05) is 170 Å². The first-order chi connectivity index (χ1) is 28.3. The van der Waals surface area contributed by atoms with Crippen molar-refractivity contribution in [2.45, 2.75) is 5.41 Å². The molecule has 1 aliphatic carbocycles. The largest absolute Gasteiger partial charge is 0.436 e. The quantitative estimate of drug-likeness (QED) is 0.164. The fourth-order valence-electron chi connectivity index (χ4n) is 9.01. The summed E-state index contributed by atoms with van der Waals surface area (Å²) in [6.07, 6.45) is 0. The highest BCUT2D eigenvalue weighted by molar-refractivity contribution is 6.00. The van der Waals surface area contributed by atoms with E-state index in [9.17, 15) is 0 Å². The van der Waals surface area contributed by atoms with Crippen molar-refractivity contribution in [3.8, 4) is 33.7 Å². The first-order valence-electron chi connectivity index (χ1n) is 19.5. The van der Waals surface area contributed by atoms with E-state index in [0.717, 1.165) is 44.7 Å². The summed E-state index contributed by atoms with van der Waals surface area (Å²) in [4.78, 5) is 7.33. The fraction of sp³-hybridized carbons (Fsp3) is 0.0185. The topological polar surface area (TPSA) is 29.3 Å². The highest BCUT2D eigenvalue weighted by Gasteiger charge is 2.46. The molecular weight excluding hydrogens is 693 g/mol. The normalized spacial score (nSPS) is 12.7. The number of anilines is 3. The lowest BCUT2D eigenvalue weighted by Gasteiger charge is -2.35. The van der Waals surface area contributed by atoms with Gasteiger partial charge < -0.3 is 9.32 Å². The lowest BCUT2D eigenvalue weighted by atomic mass is 9.67. The minimum absolute atomic E-state index is 0.519. The molecule has 0 aliphatic heterocycles. The van der Waals surface area contributed by atoms with Gasteiger partial charge in [0.15, 0.2) is 5.58 Å². The summed E-state index contributed by atoms with van der Waals surface area (Å²) in [7, 11) is 0. The van der Waals surface area contributed by atoms with Crippen LogP contribution in [0.25, 0.3) is 55.6 Å². The molecule has 10 aromatic rings. The lowest BCUT2D eigenvalue weighted by Crippen LogP contribution is -2.28. The predicted octanol–water partition coefficient (Wildman–Crippen LogP) is 14.1. The summed E-state index contributed by atoms with van der Waals surface area (Å²) >= 11 is 0. The highest BCUT2D eigenvalue weighted by Crippen LogP contribution is 2.57. The lowest BCUT2D eigenvalue weighted by molar-refractivity contribution is 0.620. The maximum Gasteiger partial charge on any atom is 0.227 e. The number of hydrogen-bond acceptors (Lipinski definition) is 3. The van der Waals surface area contributed by atoms with E-state index in [-0.39, 0.29) is 0 Å². The van der Waals surface area contributed by atoms with Crippen LogP contribution >= 0.6 is 0 Å². The first-order valence-corrected chi connectivity index (χ1v) is 19.5. The zero-order chi connectivity index (χ0) is 37.8. The molecule has 3 heteroatoms. The molecule has 11 rings (SSSR count). The van der Waals surface area contributed by atoms with Gasteiger partial charge in [0.2, 0.25) is 5.89 Å². The standard InChI is InChI=1S/C54H36N2O/c1-4-15-37(16-5-1)38-27-29-40(30-28-38)53-55-50-34-32-44(36-52(50)57-53)56(51-26-14-18-39-17-10-11-23-45(39)51)43-31-33-47-46-24-12-13-25-48(46)54(49(47)35-43,41-19-6-2-7-20-41)42-21-8-3-9-22-42/h1-36H. The van der Waals surface area contributed by atoms with Crippen LogP contribution in [-0.2, 0) is 5.41 Å². The zero-order valence-corrected chi connectivity index (χ0v) is 31.1. The molecule has 0 radical (unpaired) electrons. The molecule has 0 atom stereocenters. The minimum Gasteiger partial charge on any atom is -0.436 e. The zero-order valence-electron chi connectivity index (χ0n) is 31.1. The van der Waals surface area contributed by atoms with Gasteiger partial charge in [0.1, 0.15) is 5.52 Å². The van der Waals surface area contributed by atoms with E-state index < -0.39 is 5.41 Å². The molecule has 3 nitrogen and oxygen atoms in total. The average Bonchev–Trinajstić information content (AvgIpc) is 3.85. The summed E-state index contributed by atoms with van der Waals surface area (Å²) in [6.45, 7) is 0. The van der Waals surface area contributed by atoms with Gasteiger partial charge in [0.05, 0.1) is 16.8 Å². The second-order valence-corrected chi connectivity index (χ2v) is 14.7. The van der Waals surface area contributed by atoms with Crippen LogP contribution in [0.1, 0.15) is 22.3 Å². The molecular formula is C54H36N2O. The Bertz CT molecular complexity index is 3020. The summed E-state index contributed by atoms with van der Waals surface area (Å²) in [5.41, 5.74) is 15.0. The van der Waals surface area contributed by atoms with Crippen molar-refractivity contribution in [2.24, 2.45) is 0 Å². The molecule has 1 heterocycles. The molecule has 268 valence electrons. The van der Waals surface area contributed by atoms with Crippen molar-refractivity contribution in [2.75, 3.05) is 4.90 Å². The van der Waals surface area contributed by atoms with E-state index in [0.29, 0.717) is 5.89 Å². The van der Waals surface area contributed by atoms with Crippen molar-refractivity contribution in [1.29, 1.82) is 0 Å². The number of fused-ring (bicyclic) bond motifs is 5. The van der Waals surface area contributed by atoms with Gasteiger partial charge in [-0.25, -0.2) is 4.98 Å². The van der Waals surface area contributed by atoms with Gasteiger partial charge in [-0.2, -0.15) is 0 Å². The van der Waals surface area contributed by atoms with E-state index in [1.54, 1.807) is 0 Å². The van der Waals surface area contributed by atoms with Crippen LogP contribution in [0.15, 0.2) is 223 Å². The van der Waals surface area contributed by atoms with Gasteiger partial charge in [0, 0.05) is 22.7 Å². The fourth-order valence-corrected chi connectivity index (χ4v) is 9.01. The van der Waals surface area contributed by atoms with Crippen molar-refractivity contribution in [3.05, 3.63) is 241 Å². The van der Waals surface area contributed by atoms with Crippen LogP contribution in [0.2, 0.25) is 0 Å². The molecule has 0 amide bonds. The SMILES string of the molecule is c1ccc(-c2ccc(-c3nc4ccc(N(c5ccc6c(c5)C(c5ccccc5)(c5ccccc5)c5ccccc5-6)c5cccc6ccccc56)cc4o3)cc2)cc1. The third-order valence-electron chi connectivity index (χ3n) is 11.6. The Hall–Kier alpha value is -7.49. The molecule has 57 heavy (non-hydrogen) atoms. The molecule has 0 N–H and O–H groups in total. The Balaban J connectivity index is 1.10. The molecule has 0 bridgehead atoms. The summed E-state index contributed by atoms with van der Waals surface area (Å²) in [6, 6.07) is 78.3. The maximum atomic E-state index is 6.58. The second-order valence-electron chi connectivity index (χ2n) is 14.7. The van der Waals surface area contributed by atoms with Gasteiger partial charge in [-0.15, -0.1) is 0 Å². The van der Waals surface area contributed by atoms with Gasteiger partial charge in [0.25, 0.3) is 0 Å². The molecule has 0 spiro atoms. The van der Waals surface area contributed by atoms with Crippen LogP contribution < -0.4 is 4.90 Å². The van der Waals surface area contributed by atoms with E-state index in [1.165, 1.54) is 44.3 Å². The number of aromatic nitrogens is 1. The van der Waals surface area contributed by atoms with Crippen LogP contribution in [-0.4, -0.2) is 4.98 Å². The Morgan fingerprint density at radius 1 is 0.421 bits per heavy atom. The average molecular weight is 729 g/mol. The van der Waals surface area contributed by atoms with E-state index >= 15 is 0 Å². The Labute approximate surface area is 331 Å². The maximum absolute atomic E-state index is 6.58. The minimum atomic E-state index is -0.519. The Morgan fingerprint density at radius 3 is 1.77 bits per heavy atom. The summed E-state index contributed by atoms with van der Waals surface area (Å²) < 4.78 is 6.58. The van der Waals surface area contributed by atoms with Crippen molar-refractivity contribution in [3.63, 3.8) is 0 Å². The van der Waals surface area contributed by atoms with Gasteiger partial charge >= 0.3 is 0 Å². The number of benzene rings is 9. The first kappa shape index (κ1) is 32.9. The van der Waals surface area contributed by atoms with Crippen LogP contribution in [0, 0.1) is 0 Å². The molecule has 1 aliphatic rings. The third kappa shape index (κ3) is 5.32. The summed E-state index contributed by atoms with van der Waals surface area (Å²) in [5, 5.41) is 2.34. The van der Waals surface area contributed by atoms with Gasteiger partial charge in [-0.05, 0) is 92.4 Å². The number of rotatable bonds is 7. The van der Waals surface area contributed by atoms with Crippen molar-refractivity contribution in [1.82, 2.24) is 4.98 Å². The van der Waals surface area contributed by atoms with Crippen molar-refractivity contribution < 1.29 is 4.42 Å². The Kier molecular flexibility index (Phi) is 7.71. The monoisotopic (exact) mass is 728 g/mol. The van der Waals surface area contributed by atoms with Crippen LogP contribution in [0.3, 0.4) is 0 Å². The summed E-state index contributed by atoms with van der Waals surface area (Å²) in [5.74, 6) is 0.601. The molecule has 0 fully saturated rings. The molecule has 0 saturated heterocycles. The van der Waals surface area contributed by atoms with E-state index in [4.69, 9.17) is 9.40 Å². The number of nitrogens with zero attached hydrogens (tertiary/aromatic N) is 2. The van der Waals surface area contributed by atoms with E-state index in [1.807, 2.05) is 6.07 Å². The van der Waals surface area contributed by atoms with Crippen LogP contribution in [0.4, 0.5) is 17.1 Å². The highest BCUT2D eigenvalue weighted by atomic mass is 16.3. The molecule has 0 unspecified atom stereocenters. The van der Waals surface area contributed by atoms with Crippen LogP contribution in [0.5, 0.6) is 0 Å². The van der Waals surface area contributed by atoms with E-state index in [2.05, 4.69) is 217 Å². The van der Waals surface area contributed by atoms with Gasteiger partial charge in [-0.3, -0.25) is 0 Å². The number of oxazole rings is 1. The Morgan fingerprint density at radius 2 is 1.00 bits per heavy atom. The third-order valence-corrected chi connectivity index (χ3v) is 11.6. The molecule has 0 saturated carbocycles. The molecule has 1 aromatic heterocycles. The van der Waals surface area contributed by atoms with Crippen molar-refractivity contribution >= 4 is 38.9 Å². The second kappa shape index (κ2) is 13.4. The number of hydrogen-bond donors (Lipinski definition) is 0.